The van der Waals surface area contributed by atoms with Crippen molar-refractivity contribution in [1.82, 2.24) is 4.98 Å². The number of hydrogen-bond donors (Lipinski definition) is 0. The number of aryl methyl sites for hydroxylation is 1. The molecule has 1 fully saturated rings. The molecule has 92 valence electrons. The van der Waals surface area contributed by atoms with E-state index in [1.165, 1.54) is 11.1 Å². The van der Waals surface area contributed by atoms with Gasteiger partial charge in [-0.3, -0.25) is 0 Å². The van der Waals surface area contributed by atoms with Crippen LogP contribution in [-0.2, 0) is 21.7 Å². The Morgan fingerprint density at radius 3 is 2.65 bits per heavy atom. The molecule has 3 nitrogen and oxygen atoms in total. The lowest BCUT2D eigenvalue weighted by atomic mass is 10.1. The highest BCUT2D eigenvalue weighted by Crippen LogP contribution is 2.47. The number of nitrogens with zero attached hydrogens (tertiary/aromatic N) is 1. The maximum atomic E-state index is 6.04. The molecular formula is C13H16ClNO2. The van der Waals surface area contributed by atoms with Crippen LogP contribution in [0.25, 0.3) is 0 Å². The largest absolute Gasteiger partial charge is 0.339 e. The molecule has 3 rings (SSSR count). The summed E-state index contributed by atoms with van der Waals surface area (Å²) in [6.07, 6.45) is 1.99. The molecule has 4 heteroatoms. The molecule has 1 saturated heterocycles. The van der Waals surface area contributed by atoms with Crippen molar-refractivity contribution in [3.05, 3.63) is 28.0 Å². The predicted octanol–water partition coefficient (Wildman–Crippen LogP) is 2.97. The Kier molecular flexibility index (Phi) is 2.47. The summed E-state index contributed by atoms with van der Waals surface area (Å²) < 4.78 is 12.0. The van der Waals surface area contributed by atoms with Gasteiger partial charge in [-0.15, -0.1) is 0 Å². The van der Waals surface area contributed by atoms with Crippen LogP contribution in [0.5, 0.6) is 0 Å². The first kappa shape index (κ1) is 11.5. The topological polar surface area (TPSA) is 31.4 Å². The number of rotatable bonds is 0. The summed E-state index contributed by atoms with van der Waals surface area (Å²) in [5.41, 5.74) is 3.30. The summed E-state index contributed by atoms with van der Waals surface area (Å²) in [4.78, 5) is 4.43. The molecule has 0 saturated carbocycles. The van der Waals surface area contributed by atoms with Gasteiger partial charge in [-0.05, 0) is 44.4 Å². The zero-order valence-corrected chi connectivity index (χ0v) is 11.0. The summed E-state index contributed by atoms with van der Waals surface area (Å²) in [5, 5.41) is 0.516. The fourth-order valence-electron chi connectivity index (χ4n) is 2.75. The van der Waals surface area contributed by atoms with Crippen LogP contribution >= 0.6 is 11.6 Å². The van der Waals surface area contributed by atoms with E-state index in [9.17, 15) is 0 Å². The summed E-state index contributed by atoms with van der Waals surface area (Å²) in [5.74, 6) is -0.649. The molecule has 0 amide bonds. The standard InChI is InChI=1S/C13H16ClNO2/c1-7-6-11(14)15-12-10(7)4-5-13(12)16-8(2)9(3)17-13/h6,8-9H,4-5H2,1-3H3. The van der Waals surface area contributed by atoms with Crippen LogP contribution in [0.4, 0.5) is 0 Å². The summed E-state index contributed by atoms with van der Waals surface area (Å²) in [6.45, 7) is 6.14. The minimum atomic E-state index is -0.649. The Labute approximate surface area is 106 Å². The van der Waals surface area contributed by atoms with E-state index < -0.39 is 5.79 Å². The highest BCUT2D eigenvalue weighted by atomic mass is 35.5. The molecular weight excluding hydrogens is 238 g/mol. The minimum Gasteiger partial charge on any atom is -0.339 e. The molecule has 1 aliphatic carbocycles. The number of pyridine rings is 1. The van der Waals surface area contributed by atoms with Gasteiger partial charge in [-0.2, -0.15) is 0 Å². The lowest BCUT2D eigenvalue weighted by Gasteiger charge is -2.23. The number of ether oxygens (including phenoxy) is 2. The van der Waals surface area contributed by atoms with Crippen molar-refractivity contribution in [1.29, 1.82) is 0 Å². The molecule has 1 aliphatic heterocycles. The van der Waals surface area contributed by atoms with E-state index in [0.717, 1.165) is 18.5 Å². The Morgan fingerprint density at radius 1 is 1.35 bits per heavy atom. The molecule has 0 N–H and O–H groups in total. The predicted molar refractivity (Wildman–Crippen MR) is 65.1 cm³/mol. The highest BCUT2D eigenvalue weighted by Gasteiger charge is 2.51. The maximum absolute atomic E-state index is 6.04. The monoisotopic (exact) mass is 253 g/mol. The van der Waals surface area contributed by atoms with Gasteiger partial charge in [0, 0.05) is 6.42 Å². The van der Waals surface area contributed by atoms with Crippen LogP contribution in [0.15, 0.2) is 6.07 Å². The van der Waals surface area contributed by atoms with Gasteiger partial charge in [0.25, 0.3) is 0 Å². The summed E-state index contributed by atoms with van der Waals surface area (Å²) >= 11 is 6.04. The fourth-order valence-corrected chi connectivity index (χ4v) is 3.00. The normalized spacial score (nSPS) is 35.5. The van der Waals surface area contributed by atoms with Crippen LogP contribution in [0.3, 0.4) is 0 Å². The number of halogens is 1. The van der Waals surface area contributed by atoms with E-state index in [0.29, 0.717) is 5.15 Å². The molecule has 0 bridgehead atoms. The minimum absolute atomic E-state index is 0.0991. The molecule has 0 aromatic carbocycles. The highest BCUT2D eigenvalue weighted by molar-refractivity contribution is 6.29. The molecule has 2 aliphatic rings. The van der Waals surface area contributed by atoms with Gasteiger partial charge in [-0.25, -0.2) is 4.98 Å². The van der Waals surface area contributed by atoms with Gasteiger partial charge in [0.2, 0.25) is 5.79 Å². The van der Waals surface area contributed by atoms with Crippen molar-refractivity contribution in [2.24, 2.45) is 0 Å². The lowest BCUT2D eigenvalue weighted by Crippen LogP contribution is -2.26. The molecule has 1 aromatic heterocycles. The fraction of sp³-hybridized carbons (Fsp3) is 0.615. The first-order chi connectivity index (χ1) is 8.02. The third-order valence-corrected chi connectivity index (χ3v) is 3.99. The number of aromatic nitrogens is 1. The van der Waals surface area contributed by atoms with Crippen LogP contribution in [0.1, 0.15) is 37.1 Å². The van der Waals surface area contributed by atoms with Gasteiger partial charge >= 0.3 is 0 Å². The Bertz CT molecular complexity index is 465. The molecule has 2 atom stereocenters. The Hall–Kier alpha value is -0.640. The van der Waals surface area contributed by atoms with Crippen molar-refractivity contribution in [2.45, 2.75) is 51.6 Å². The molecule has 2 unspecified atom stereocenters. The van der Waals surface area contributed by atoms with Gasteiger partial charge in [-0.1, -0.05) is 11.6 Å². The quantitative estimate of drug-likeness (QED) is 0.666. The van der Waals surface area contributed by atoms with Gasteiger partial charge in [0.15, 0.2) is 0 Å². The second-order valence-electron chi connectivity index (χ2n) is 4.99. The van der Waals surface area contributed by atoms with Crippen molar-refractivity contribution >= 4 is 11.6 Å². The van der Waals surface area contributed by atoms with Crippen molar-refractivity contribution < 1.29 is 9.47 Å². The van der Waals surface area contributed by atoms with Gasteiger partial charge in [0.05, 0.1) is 12.2 Å². The molecule has 2 heterocycles. The van der Waals surface area contributed by atoms with E-state index in [2.05, 4.69) is 11.9 Å². The van der Waals surface area contributed by atoms with E-state index in [1.54, 1.807) is 0 Å². The number of fused-ring (bicyclic) bond motifs is 2. The number of hydrogen-bond acceptors (Lipinski definition) is 3. The van der Waals surface area contributed by atoms with E-state index >= 15 is 0 Å². The van der Waals surface area contributed by atoms with Crippen molar-refractivity contribution in [3.63, 3.8) is 0 Å². The first-order valence-corrected chi connectivity index (χ1v) is 6.42. The zero-order valence-electron chi connectivity index (χ0n) is 10.3. The zero-order chi connectivity index (χ0) is 12.2. The SMILES string of the molecule is Cc1cc(Cl)nc2c1CCC21OC(C)C(C)O1. The third kappa shape index (κ3) is 1.60. The molecule has 1 aromatic rings. The maximum Gasteiger partial charge on any atom is 0.213 e. The second-order valence-corrected chi connectivity index (χ2v) is 5.38. The van der Waals surface area contributed by atoms with Gasteiger partial charge in [0.1, 0.15) is 10.8 Å². The first-order valence-electron chi connectivity index (χ1n) is 6.04. The van der Waals surface area contributed by atoms with Crippen molar-refractivity contribution in [2.75, 3.05) is 0 Å². The van der Waals surface area contributed by atoms with Crippen LogP contribution in [0.2, 0.25) is 5.15 Å². The average molecular weight is 254 g/mol. The average Bonchev–Trinajstić information content (AvgIpc) is 2.71. The summed E-state index contributed by atoms with van der Waals surface area (Å²) in [7, 11) is 0. The van der Waals surface area contributed by atoms with Crippen molar-refractivity contribution in [3.8, 4) is 0 Å². The summed E-state index contributed by atoms with van der Waals surface area (Å²) in [6, 6.07) is 1.90. The lowest BCUT2D eigenvalue weighted by molar-refractivity contribution is -0.182. The molecule has 17 heavy (non-hydrogen) atoms. The van der Waals surface area contributed by atoms with E-state index in [1.807, 2.05) is 19.9 Å². The van der Waals surface area contributed by atoms with Crippen LogP contribution < -0.4 is 0 Å². The Balaban J connectivity index is 2.10. The van der Waals surface area contributed by atoms with E-state index in [4.69, 9.17) is 21.1 Å². The molecule has 1 spiro atoms. The Morgan fingerprint density at radius 2 is 2.00 bits per heavy atom. The third-order valence-electron chi connectivity index (χ3n) is 3.79. The smallest absolute Gasteiger partial charge is 0.213 e. The molecule has 0 radical (unpaired) electrons. The van der Waals surface area contributed by atoms with Gasteiger partial charge < -0.3 is 9.47 Å². The van der Waals surface area contributed by atoms with Crippen LogP contribution in [0, 0.1) is 6.92 Å². The van der Waals surface area contributed by atoms with Crippen LogP contribution in [-0.4, -0.2) is 17.2 Å². The second kappa shape index (κ2) is 3.67. The van der Waals surface area contributed by atoms with E-state index in [-0.39, 0.29) is 12.2 Å².